The molecule has 3 N–H and O–H groups in total. The van der Waals surface area contributed by atoms with Crippen molar-refractivity contribution in [2.45, 2.75) is 0 Å². The van der Waals surface area contributed by atoms with Gasteiger partial charge in [0.1, 0.15) is 5.82 Å². The van der Waals surface area contributed by atoms with Gasteiger partial charge in [-0.15, -0.1) is 0 Å². The van der Waals surface area contributed by atoms with E-state index in [0.29, 0.717) is 28.0 Å². The van der Waals surface area contributed by atoms with Gasteiger partial charge in [-0.2, -0.15) is 0 Å². The lowest BCUT2D eigenvalue weighted by Gasteiger charge is -2.16. The summed E-state index contributed by atoms with van der Waals surface area (Å²) in [5, 5.41) is 0.597. The van der Waals surface area contributed by atoms with Crippen LogP contribution in [0.5, 0.6) is 17.2 Å². The molecule has 3 aromatic rings. The van der Waals surface area contributed by atoms with Crippen LogP contribution in [0.4, 0.5) is 10.1 Å². The van der Waals surface area contributed by atoms with Crippen LogP contribution in [0.15, 0.2) is 30.5 Å². The molecule has 0 amide bonds. The molecule has 0 saturated heterocycles. The topological polar surface area (TPSA) is 86.6 Å². The average Bonchev–Trinajstić information content (AvgIpc) is 3.03. The normalized spacial score (nSPS) is 10.7. The highest BCUT2D eigenvalue weighted by atomic mass is 19.1. The molecule has 0 spiro atoms. The fourth-order valence-corrected chi connectivity index (χ4v) is 2.80. The third-order valence-electron chi connectivity index (χ3n) is 4.00. The summed E-state index contributed by atoms with van der Waals surface area (Å²) < 4.78 is 29.2. The predicted molar refractivity (Wildman–Crippen MR) is 92.2 cm³/mol. The van der Waals surface area contributed by atoms with Crippen molar-refractivity contribution in [2.75, 3.05) is 27.1 Å². The lowest BCUT2D eigenvalue weighted by Crippen LogP contribution is -2.08. The maximum absolute atomic E-state index is 13.3. The van der Waals surface area contributed by atoms with Gasteiger partial charge in [0, 0.05) is 22.7 Å². The van der Waals surface area contributed by atoms with Crippen molar-refractivity contribution in [1.29, 1.82) is 0 Å². The minimum atomic E-state index is -0.388. The number of H-pyrrole nitrogens is 1. The molecule has 6 nitrogen and oxygen atoms in total. The Labute approximate surface area is 143 Å². The molecule has 0 radical (unpaired) electrons. The van der Waals surface area contributed by atoms with Gasteiger partial charge in [0.25, 0.3) is 0 Å². The molecule has 1 aromatic heterocycles. The second-order valence-corrected chi connectivity index (χ2v) is 5.33. The van der Waals surface area contributed by atoms with Gasteiger partial charge in [-0.3, -0.25) is 4.79 Å². The van der Waals surface area contributed by atoms with Crippen LogP contribution in [0, 0.1) is 5.82 Å². The van der Waals surface area contributed by atoms with E-state index in [1.807, 2.05) is 0 Å². The fraction of sp³-hybridized carbons (Fsp3) is 0.167. The standard InChI is InChI=1S/C18H17FN2O4/c1-23-14-7-11(15(20)18(25-3)17(14)24-2)16(22)12-8-21-13-6-9(19)4-5-10(12)13/h4-8,21H,20H2,1-3H3. The van der Waals surface area contributed by atoms with Crippen LogP contribution in [0.25, 0.3) is 10.9 Å². The minimum absolute atomic E-state index is 0.140. The predicted octanol–water partition coefficient (Wildman–Crippen LogP) is 3.15. The highest BCUT2D eigenvalue weighted by molar-refractivity contribution is 6.19. The number of nitrogen functional groups attached to an aromatic ring is 1. The van der Waals surface area contributed by atoms with E-state index in [9.17, 15) is 9.18 Å². The van der Waals surface area contributed by atoms with Crippen LogP contribution in [-0.2, 0) is 0 Å². The Morgan fingerprint density at radius 3 is 2.40 bits per heavy atom. The van der Waals surface area contributed by atoms with Gasteiger partial charge >= 0.3 is 0 Å². The van der Waals surface area contributed by atoms with Gasteiger partial charge in [0.05, 0.1) is 32.6 Å². The van der Waals surface area contributed by atoms with E-state index in [1.54, 1.807) is 6.07 Å². The quantitative estimate of drug-likeness (QED) is 0.548. The van der Waals surface area contributed by atoms with E-state index < -0.39 is 0 Å². The maximum atomic E-state index is 13.3. The molecule has 0 atom stereocenters. The molecular weight excluding hydrogens is 327 g/mol. The highest BCUT2D eigenvalue weighted by Gasteiger charge is 2.24. The van der Waals surface area contributed by atoms with E-state index >= 15 is 0 Å². The number of ether oxygens (including phenoxy) is 3. The number of carbonyl (C=O) groups is 1. The Morgan fingerprint density at radius 2 is 1.76 bits per heavy atom. The van der Waals surface area contributed by atoms with Crippen LogP contribution in [-0.4, -0.2) is 32.1 Å². The number of methoxy groups -OCH3 is 3. The second-order valence-electron chi connectivity index (χ2n) is 5.33. The van der Waals surface area contributed by atoms with Gasteiger partial charge in [-0.05, 0) is 24.3 Å². The third-order valence-corrected chi connectivity index (χ3v) is 4.00. The number of nitrogens with two attached hydrogens (primary N) is 1. The molecule has 0 aliphatic rings. The molecule has 0 unspecified atom stereocenters. The van der Waals surface area contributed by atoms with Gasteiger partial charge in [0.15, 0.2) is 17.3 Å². The van der Waals surface area contributed by atoms with Crippen molar-refractivity contribution in [1.82, 2.24) is 4.98 Å². The monoisotopic (exact) mass is 344 g/mol. The summed E-state index contributed by atoms with van der Waals surface area (Å²) in [4.78, 5) is 15.9. The summed E-state index contributed by atoms with van der Waals surface area (Å²) in [6.07, 6.45) is 1.52. The van der Waals surface area contributed by atoms with Crippen molar-refractivity contribution >= 4 is 22.4 Å². The highest BCUT2D eigenvalue weighted by Crippen LogP contribution is 2.44. The molecular formula is C18H17FN2O4. The van der Waals surface area contributed by atoms with Gasteiger partial charge < -0.3 is 24.9 Å². The number of aromatic nitrogens is 1. The summed E-state index contributed by atoms with van der Waals surface area (Å²) in [7, 11) is 4.34. The SMILES string of the molecule is COc1cc(C(=O)c2c[nH]c3cc(F)ccc23)c(N)c(OC)c1OC. The Hall–Kier alpha value is -3.22. The molecule has 0 bridgehead atoms. The van der Waals surface area contributed by atoms with Crippen molar-refractivity contribution < 1.29 is 23.4 Å². The smallest absolute Gasteiger partial charge is 0.205 e. The number of nitrogens with one attached hydrogen (secondary N) is 1. The number of halogens is 1. The molecule has 0 aliphatic heterocycles. The Morgan fingerprint density at radius 1 is 1.04 bits per heavy atom. The van der Waals surface area contributed by atoms with Crippen LogP contribution in [0.1, 0.15) is 15.9 Å². The van der Waals surface area contributed by atoms with Crippen LogP contribution in [0.3, 0.4) is 0 Å². The summed E-state index contributed by atoms with van der Waals surface area (Å²) in [5.41, 5.74) is 7.36. The van der Waals surface area contributed by atoms with Crippen LogP contribution < -0.4 is 19.9 Å². The first-order valence-corrected chi connectivity index (χ1v) is 7.41. The fourth-order valence-electron chi connectivity index (χ4n) is 2.80. The van der Waals surface area contributed by atoms with Crippen molar-refractivity contribution in [3.8, 4) is 17.2 Å². The van der Waals surface area contributed by atoms with E-state index in [2.05, 4.69) is 4.98 Å². The Kier molecular flexibility index (Phi) is 4.22. The summed E-state index contributed by atoms with van der Waals surface area (Å²) in [6, 6.07) is 5.67. The molecule has 2 aromatic carbocycles. The number of hydrogen-bond acceptors (Lipinski definition) is 5. The van der Waals surface area contributed by atoms with E-state index in [-0.39, 0.29) is 28.6 Å². The molecule has 0 saturated carbocycles. The number of fused-ring (bicyclic) bond motifs is 1. The van der Waals surface area contributed by atoms with Crippen LogP contribution >= 0.6 is 0 Å². The lowest BCUT2D eigenvalue weighted by molar-refractivity contribution is 0.104. The minimum Gasteiger partial charge on any atom is -0.493 e. The summed E-state index contributed by atoms with van der Waals surface area (Å²) >= 11 is 0. The molecule has 3 rings (SSSR count). The molecule has 130 valence electrons. The lowest BCUT2D eigenvalue weighted by atomic mass is 10.00. The number of benzene rings is 2. The zero-order valence-corrected chi connectivity index (χ0v) is 14.0. The Bertz CT molecular complexity index is 965. The Balaban J connectivity index is 2.19. The third kappa shape index (κ3) is 2.63. The molecule has 0 aliphatic carbocycles. The summed E-state index contributed by atoms with van der Waals surface area (Å²) in [6.45, 7) is 0. The van der Waals surface area contributed by atoms with Crippen molar-refractivity contribution in [2.24, 2.45) is 0 Å². The average molecular weight is 344 g/mol. The van der Waals surface area contributed by atoms with Crippen molar-refractivity contribution in [3.05, 3.63) is 47.4 Å². The zero-order valence-electron chi connectivity index (χ0n) is 14.0. The van der Waals surface area contributed by atoms with E-state index in [1.165, 1.54) is 45.7 Å². The van der Waals surface area contributed by atoms with Gasteiger partial charge in [-0.1, -0.05) is 0 Å². The zero-order chi connectivity index (χ0) is 18.1. The first-order valence-electron chi connectivity index (χ1n) is 7.41. The second kappa shape index (κ2) is 6.35. The van der Waals surface area contributed by atoms with Gasteiger partial charge in [0.2, 0.25) is 5.75 Å². The molecule has 0 fully saturated rings. The molecule has 25 heavy (non-hydrogen) atoms. The van der Waals surface area contributed by atoms with Gasteiger partial charge in [-0.25, -0.2) is 4.39 Å². The van der Waals surface area contributed by atoms with E-state index in [0.717, 1.165) is 0 Å². The van der Waals surface area contributed by atoms with Crippen molar-refractivity contribution in [3.63, 3.8) is 0 Å². The maximum Gasteiger partial charge on any atom is 0.205 e. The first-order chi connectivity index (χ1) is 12.0. The largest absolute Gasteiger partial charge is 0.493 e. The number of hydrogen-bond donors (Lipinski definition) is 2. The molecule has 7 heteroatoms. The number of aromatic amines is 1. The van der Waals surface area contributed by atoms with E-state index in [4.69, 9.17) is 19.9 Å². The summed E-state index contributed by atoms with van der Waals surface area (Å²) in [5.74, 6) is 0.120. The molecule has 1 heterocycles. The number of carbonyl (C=O) groups excluding carboxylic acids is 1. The first kappa shape index (κ1) is 16.6. The number of ketones is 1. The van der Waals surface area contributed by atoms with Crippen LogP contribution in [0.2, 0.25) is 0 Å². The number of anilines is 1. The number of rotatable bonds is 5.